The average Bonchev–Trinajstić information content (AvgIpc) is 2.98. The Morgan fingerprint density at radius 2 is 1.81 bits per heavy atom. The minimum atomic E-state index is -0.340. The van der Waals surface area contributed by atoms with Crippen LogP contribution in [0.3, 0.4) is 0 Å². The minimum Gasteiger partial charge on any atom is -0.335 e. The summed E-state index contributed by atoms with van der Waals surface area (Å²) < 4.78 is 0. The zero-order chi connectivity index (χ0) is 15.1. The molecule has 6 nitrogen and oxygen atoms in total. The van der Waals surface area contributed by atoms with Gasteiger partial charge in [-0.2, -0.15) is 0 Å². The molecular formula is C15H28N4O2. The van der Waals surface area contributed by atoms with Crippen molar-refractivity contribution >= 4 is 11.9 Å². The van der Waals surface area contributed by atoms with Gasteiger partial charge in [-0.3, -0.25) is 15.0 Å². The molecule has 0 aromatic heterocycles. The van der Waals surface area contributed by atoms with Gasteiger partial charge in [0.05, 0.1) is 6.54 Å². The van der Waals surface area contributed by atoms with Gasteiger partial charge in [0, 0.05) is 12.1 Å². The first kappa shape index (κ1) is 16.2. The molecule has 1 aliphatic heterocycles. The summed E-state index contributed by atoms with van der Waals surface area (Å²) in [5.74, 6) is -0.203. The summed E-state index contributed by atoms with van der Waals surface area (Å²) in [7, 11) is 0. The maximum Gasteiger partial charge on any atom is 0.321 e. The van der Waals surface area contributed by atoms with Crippen LogP contribution in [0, 0.1) is 0 Å². The fraction of sp³-hybridized carbons (Fsp3) is 0.867. The van der Waals surface area contributed by atoms with Crippen molar-refractivity contribution in [2.45, 2.75) is 57.5 Å². The van der Waals surface area contributed by atoms with Crippen LogP contribution in [0.15, 0.2) is 0 Å². The number of nitrogens with one attached hydrogen (secondary N) is 3. The smallest absolute Gasteiger partial charge is 0.321 e. The second kappa shape index (κ2) is 8.34. The second-order valence-electron chi connectivity index (χ2n) is 6.05. The molecule has 3 amide bonds. The Hall–Kier alpha value is -1.14. The van der Waals surface area contributed by atoms with Crippen LogP contribution in [0.4, 0.5) is 4.79 Å². The van der Waals surface area contributed by atoms with Crippen molar-refractivity contribution in [2.24, 2.45) is 0 Å². The molecule has 2 fully saturated rings. The summed E-state index contributed by atoms with van der Waals surface area (Å²) in [6.45, 7) is 5.21. The Morgan fingerprint density at radius 3 is 2.43 bits per heavy atom. The lowest BCUT2D eigenvalue weighted by atomic mass is 10.0. The number of hydrogen-bond donors (Lipinski definition) is 3. The first-order valence-corrected chi connectivity index (χ1v) is 8.24. The van der Waals surface area contributed by atoms with E-state index in [0.717, 1.165) is 58.2 Å². The largest absolute Gasteiger partial charge is 0.335 e. The average molecular weight is 296 g/mol. The van der Waals surface area contributed by atoms with E-state index >= 15 is 0 Å². The SMILES string of the molecule is CCN(CC(=O)NC(=O)NC1CCCC1)C1CCNCC1. The van der Waals surface area contributed by atoms with Gasteiger partial charge in [0.15, 0.2) is 0 Å². The Bertz CT molecular complexity index is 350. The van der Waals surface area contributed by atoms with E-state index in [1.54, 1.807) is 0 Å². The number of nitrogens with zero attached hydrogens (tertiary/aromatic N) is 1. The highest BCUT2D eigenvalue weighted by Crippen LogP contribution is 2.17. The van der Waals surface area contributed by atoms with Gasteiger partial charge in [0.1, 0.15) is 0 Å². The molecule has 0 aromatic rings. The molecule has 21 heavy (non-hydrogen) atoms. The molecule has 2 aliphatic rings. The van der Waals surface area contributed by atoms with E-state index in [-0.39, 0.29) is 18.0 Å². The van der Waals surface area contributed by atoms with E-state index in [0.29, 0.717) is 12.6 Å². The standard InChI is InChI=1S/C15H28N4O2/c1-2-19(13-7-9-16-10-8-13)11-14(20)18-15(21)17-12-5-3-4-6-12/h12-13,16H,2-11H2,1H3,(H2,17,18,20,21). The molecule has 0 unspecified atom stereocenters. The summed E-state index contributed by atoms with van der Waals surface area (Å²) in [6, 6.07) is 0.345. The predicted octanol–water partition coefficient (Wildman–Crippen LogP) is 0.829. The topological polar surface area (TPSA) is 73.5 Å². The van der Waals surface area contributed by atoms with Crippen molar-refractivity contribution in [3.8, 4) is 0 Å². The first-order chi connectivity index (χ1) is 10.2. The number of hydrogen-bond acceptors (Lipinski definition) is 4. The number of rotatable bonds is 5. The van der Waals surface area contributed by atoms with Crippen molar-refractivity contribution < 1.29 is 9.59 Å². The van der Waals surface area contributed by atoms with Crippen LogP contribution in [0.2, 0.25) is 0 Å². The van der Waals surface area contributed by atoms with Gasteiger partial charge in [-0.05, 0) is 45.3 Å². The van der Waals surface area contributed by atoms with Gasteiger partial charge in [-0.15, -0.1) is 0 Å². The van der Waals surface area contributed by atoms with Crippen LogP contribution in [-0.2, 0) is 4.79 Å². The Kier molecular flexibility index (Phi) is 6.45. The zero-order valence-corrected chi connectivity index (χ0v) is 13.0. The van der Waals surface area contributed by atoms with Gasteiger partial charge in [-0.1, -0.05) is 19.8 Å². The number of amides is 3. The first-order valence-electron chi connectivity index (χ1n) is 8.24. The summed E-state index contributed by atoms with van der Waals surface area (Å²) in [6.07, 6.45) is 6.51. The molecule has 6 heteroatoms. The fourth-order valence-electron chi connectivity index (χ4n) is 3.31. The maximum atomic E-state index is 12.0. The highest BCUT2D eigenvalue weighted by molar-refractivity contribution is 5.95. The van der Waals surface area contributed by atoms with E-state index in [1.165, 1.54) is 0 Å². The van der Waals surface area contributed by atoms with Gasteiger partial charge in [0.2, 0.25) is 5.91 Å². The molecule has 2 rings (SSSR count). The molecule has 1 saturated carbocycles. The Morgan fingerprint density at radius 1 is 1.14 bits per heavy atom. The lowest BCUT2D eigenvalue weighted by molar-refractivity contribution is -0.121. The molecule has 120 valence electrons. The Labute approximate surface area is 127 Å². The monoisotopic (exact) mass is 296 g/mol. The quantitative estimate of drug-likeness (QED) is 0.702. The van der Waals surface area contributed by atoms with E-state index in [1.807, 2.05) is 0 Å². The van der Waals surface area contributed by atoms with Crippen molar-refractivity contribution in [1.29, 1.82) is 0 Å². The van der Waals surface area contributed by atoms with Crippen LogP contribution < -0.4 is 16.0 Å². The molecule has 1 saturated heterocycles. The molecule has 1 heterocycles. The second-order valence-corrected chi connectivity index (χ2v) is 6.05. The summed E-state index contributed by atoms with van der Waals surface area (Å²) >= 11 is 0. The normalized spacial score (nSPS) is 20.7. The van der Waals surface area contributed by atoms with Crippen LogP contribution in [-0.4, -0.2) is 55.1 Å². The lowest BCUT2D eigenvalue weighted by Gasteiger charge is -2.33. The minimum absolute atomic E-state index is 0.203. The highest BCUT2D eigenvalue weighted by atomic mass is 16.2. The van der Waals surface area contributed by atoms with Crippen molar-refractivity contribution in [3.63, 3.8) is 0 Å². The van der Waals surface area contributed by atoms with E-state index in [2.05, 4.69) is 27.8 Å². The summed E-state index contributed by atoms with van der Waals surface area (Å²) in [4.78, 5) is 26.0. The molecule has 0 radical (unpaired) electrons. The molecule has 0 bridgehead atoms. The molecule has 0 spiro atoms. The van der Waals surface area contributed by atoms with Gasteiger partial charge in [-0.25, -0.2) is 4.79 Å². The van der Waals surface area contributed by atoms with Crippen LogP contribution in [0.5, 0.6) is 0 Å². The Balaban J connectivity index is 1.72. The fourth-order valence-corrected chi connectivity index (χ4v) is 3.31. The third-order valence-electron chi connectivity index (χ3n) is 4.52. The number of piperidine rings is 1. The van der Waals surface area contributed by atoms with Gasteiger partial charge >= 0.3 is 6.03 Å². The number of carbonyl (C=O) groups excluding carboxylic acids is 2. The molecule has 3 N–H and O–H groups in total. The van der Waals surface area contributed by atoms with E-state index in [4.69, 9.17) is 0 Å². The molecular weight excluding hydrogens is 268 g/mol. The third kappa shape index (κ3) is 5.28. The summed E-state index contributed by atoms with van der Waals surface area (Å²) in [5, 5.41) is 8.67. The third-order valence-corrected chi connectivity index (χ3v) is 4.52. The summed E-state index contributed by atoms with van der Waals surface area (Å²) in [5.41, 5.74) is 0. The maximum absolute atomic E-state index is 12.0. The number of urea groups is 1. The predicted molar refractivity (Wildman–Crippen MR) is 82.1 cm³/mol. The van der Waals surface area contributed by atoms with Gasteiger partial charge < -0.3 is 10.6 Å². The van der Waals surface area contributed by atoms with Crippen LogP contribution in [0.1, 0.15) is 45.4 Å². The number of likely N-dealkylation sites (N-methyl/N-ethyl adjacent to an activating group) is 1. The van der Waals surface area contributed by atoms with E-state index in [9.17, 15) is 9.59 Å². The van der Waals surface area contributed by atoms with Crippen molar-refractivity contribution in [2.75, 3.05) is 26.2 Å². The number of carbonyl (C=O) groups is 2. The van der Waals surface area contributed by atoms with Crippen LogP contribution >= 0.6 is 0 Å². The molecule has 0 atom stereocenters. The van der Waals surface area contributed by atoms with Crippen LogP contribution in [0.25, 0.3) is 0 Å². The number of imide groups is 1. The van der Waals surface area contributed by atoms with Gasteiger partial charge in [0.25, 0.3) is 0 Å². The zero-order valence-electron chi connectivity index (χ0n) is 13.0. The van der Waals surface area contributed by atoms with Crippen molar-refractivity contribution in [1.82, 2.24) is 20.9 Å². The molecule has 0 aromatic carbocycles. The highest BCUT2D eigenvalue weighted by Gasteiger charge is 2.23. The lowest BCUT2D eigenvalue weighted by Crippen LogP contribution is -2.50. The van der Waals surface area contributed by atoms with Crippen molar-refractivity contribution in [3.05, 3.63) is 0 Å². The molecule has 1 aliphatic carbocycles. The van der Waals surface area contributed by atoms with E-state index < -0.39 is 0 Å².